The number of thiophene rings is 1. The Labute approximate surface area is 188 Å². The van der Waals surface area contributed by atoms with Crippen molar-refractivity contribution in [1.82, 2.24) is 4.57 Å². The maximum atomic E-state index is 12.1. The van der Waals surface area contributed by atoms with Crippen LogP contribution in [0.2, 0.25) is 0 Å². The van der Waals surface area contributed by atoms with E-state index in [0.29, 0.717) is 22.9 Å². The molecule has 0 amide bonds. The standard InChI is InChI=1S/C26H30N2O2S/c1-2-3-4-5-8-18-9-6-10-21-22-11-7-12-23(26(29)30)25(22)28(24(21)15-18)17-20-14-13-19(16-27)31-20/h7,11-14,18H,2-6,8-10,15,17H2,1H3,(H,29,30). The van der Waals surface area contributed by atoms with Gasteiger partial charge < -0.3 is 9.67 Å². The fourth-order valence-electron chi connectivity index (χ4n) is 5.12. The van der Waals surface area contributed by atoms with Gasteiger partial charge >= 0.3 is 5.97 Å². The second-order valence-corrected chi connectivity index (χ2v) is 9.88. The number of fused-ring (bicyclic) bond motifs is 3. The Morgan fingerprint density at radius 3 is 2.87 bits per heavy atom. The number of carbonyl (C=O) groups is 1. The fraction of sp³-hybridized carbons (Fsp3) is 0.462. The molecule has 1 aliphatic carbocycles. The molecule has 1 aromatic carbocycles. The Morgan fingerprint density at radius 2 is 2.13 bits per heavy atom. The normalized spacial score (nSPS) is 16.1. The summed E-state index contributed by atoms with van der Waals surface area (Å²) in [5.41, 5.74) is 3.88. The van der Waals surface area contributed by atoms with Crippen molar-refractivity contribution in [3.63, 3.8) is 0 Å². The Bertz CT molecular complexity index is 1120. The van der Waals surface area contributed by atoms with Gasteiger partial charge in [0, 0.05) is 16.0 Å². The maximum Gasteiger partial charge on any atom is 0.337 e. The van der Waals surface area contributed by atoms with Gasteiger partial charge in [-0.25, -0.2) is 4.79 Å². The highest BCUT2D eigenvalue weighted by Gasteiger charge is 2.26. The van der Waals surface area contributed by atoms with Crippen molar-refractivity contribution in [1.29, 1.82) is 5.26 Å². The molecule has 0 aliphatic heterocycles. The Hall–Kier alpha value is -2.58. The third-order valence-corrected chi connectivity index (χ3v) is 7.58. The summed E-state index contributed by atoms with van der Waals surface area (Å²) in [7, 11) is 0. The summed E-state index contributed by atoms with van der Waals surface area (Å²) in [5.74, 6) is -0.216. The largest absolute Gasteiger partial charge is 0.478 e. The van der Waals surface area contributed by atoms with Gasteiger partial charge in [0.2, 0.25) is 0 Å². The number of aromatic nitrogens is 1. The summed E-state index contributed by atoms with van der Waals surface area (Å²) < 4.78 is 2.26. The van der Waals surface area contributed by atoms with Crippen molar-refractivity contribution in [2.45, 2.75) is 71.3 Å². The van der Waals surface area contributed by atoms with Crippen LogP contribution in [0.4, 0.5) is 0 Å². The van der Waals surface area contributed by atoms with Gasteiger partial charge in [0.05, 0.1) is 17.6 Å². The van der Waals surface area contributed by atoms with Crippen LogP contribution in [0, 0.1) is 17.2 Å². The lowest BCUT2D eigenvalue weighted by atomic mass is 9.93. The number of aromatic carboxylic acids is 1. The number of nitrogens with zero attached hydrogens (tertiary/aromatic N) is 2. The molecule has 0 radical (unpaired) electrons. The quantitative estimate of drug-likeness (QED) is 0.314. The highest BCUT2D eigenvalue weighted by atomic mass is 32.1. The third-order valence-electron chi connectivity index (χ3n) is 6.61. The van der Waals surface area contributed by atoms with Crippen LogP contribution in [-0.4, -0.2) is 15.6 Å². The van der Waals surface area contributed by atoms with Crippen molar-refractivity contribution in [2.24, 2.45) is 5.92 Å². The van der Waals surface area contributed by atoms with Crippen LogP contribution in [0.5, 0.6) is 0 Å². The van der Waals surface area contributed by atoms with E-state index < -0.39 is 5.97 Å². The lowest BCUT2D eigenvalue weighted by Crippen LogP contribution is -2.11. The summed E-state index contributed by atoms with van der Waals surface area (Å²) in [5, 5.41) is 20.2. The van der Waals surface area contributed by atoms with E-state index in [9.17, 15) is 15.2 Å². The first kappa shape index (κ1) is 21.6. The highest BCUT2D eigenvalue weighted by molar-refractivity contribution is 7.12. The minimum atomic E-state index is -0.875. The molecule has 162 valence electrons. The zero-order valence-electron chi connectivity index (χ0n) is 18.2. The number of carboxylic acid groups (broad SMARTS) is 1. The molecule has 0 bridgehead atoms. The van der Waals surface area contributed by atoms with Crippen molar-refractivity contribution in [2.75, 3.05) is 0 Å². The zero-order valence-corrected chi connectivity index (χ0v) is 19.0. The highest BCUT2D eigenvalue weighted by Crippen LogP contribution is 2.37. The van der Waals surface area contributed by atoms with Crippen LogP contribution in [0.15, 0.2) is 30.3 Å². The Morgan fingerprint density at radius 1 is 1.26 bits per heavy atom. The fourth-order valence-corrected chi connectivity index (χ4v) is 5.91. The van der Waals surface area contributed by atoms with Gasteiger partial charge in [-0.05, 0) is 55.4 Å². The number of aryl methyl sites for hydroxylation is 1. The molecule has 4 nitrogen and oxygen atoms in total. The van der Waals surface area contributed by atoms with Gasteiger partial charge in [0.25, 0.3) is 0 Å². The predicted octanol–water partition coefficient (Wildman–Crippen LogP) is 6.79. The lowest BCUT2D eigenvalue weighted by molar-refractivity contribution is 0.0698. The van der Waals surface area contributed by atoms with Crippen molar-refractivity contribution >= 4 is 28.2 Å². The van der Waals surface area contributed by atoms with E-state index in [1.54, 1.807) is 6.07 Å². The molecular weight excluding hydrogens is 404 g/mol. The molecule has 1 N–H and O–H groups in total. The molecule has 3 aromatic rings. The van der Waals surface area contributed by atoms with E-state index in [1.165, 1.54) is 67.5 Å². The molecule has 31 heavy (non-hydrogen) atoms. The number of para-hydroxylation sites is 1. The monoisotopic (exact) mass is 434 g/mol. The van der Waals surface area contributed by atoms with E-state index in [4.69, 9.17) is 0 Å². The van der Waals surface area contributed by atoms with Crippen molar-refractivity contribution in [3.05, 3.63) is 56.9 Å². The molecule has 4 rings (SSSR count). The third kappa shape index (κ3) is 4.55. The zero-order chi connectivity index (χ0) is 21.8. The van der Waals surface area contributed by atoms with Gasteiger partial charge in [-0.15, -0.1) is 11.3 Å². The molecule has 2 aromatic heterocycles. The average Bonchev–Trinajstić information content (AvgIpc) is 3.27. The summed E-state index contributed by atoms with van der Waals surface area (Å²) in [6.07, 6.45) is 10.9. The van der Waals surface area contributed by atoms with E-state index in [0.717, 1.165) is 28.6 Å². The lowest BCUT2D eigenvalue weighted by Gasteiger charge is -2.17. The van der Waals surface area contributed by atoms with Gasteiger partial charge in [0.1, 0.15) is 10.9 Å². The van der Waals surface area contributed by atoms with Crippen LogP contribution in [-0.2, 0) is 19.4 Å². The molecule has 5 heteroatoms. The summed E-state index contributed by atoms with van der Waals surface area (Å²) in [6, 6.07) is 11.8. The number of unbranched alkanes of at least 4 members (excludes halogenated alkanes) is 3. The smallest absolute Gasteiger partial charge is 0.337 e. The van der Waals surface area contributed by atoms with Crippen molar-refractivity contribution < 1.29 is 9.90 Å². The molecule has 0 fully saturated rings. The first-order valence-corrected chi connectivity index (χ1v) is 12.3. The number of hydrogen-bond acceptors (Lipinski definition) is 3. The molecular formula is C26H30N2O2S. The van der Waals surface area contributed by atoms with E-state index >= 15 is 0 Å². The maximum absolute atomic E-state index is 12.1. The van der Waals surface area contributed by atoms with Crippen LogP contribution >= 0.6 is 11.3 Å². The molecule has 2 heterocycles. The SMILES string of the molecule is CCCCCCC1CCCc2c(n(Cc3ccc(C#N)s3)c3c(C(=O)O)cccc23)C1. The minimum absolute atomic E-state index is 0.377. The molecule has 1 unspecified atom stereocenters. The predicted molar refractivity (Wildman–Crippen MR) is 126 cm³/mol. The molecule has 0 saturated carbocycles. The van der Waals surface area contributed by atoms with Crippen LogP contribution in [0.25, 0.3) is 10.9 Å². The summed E-state index contributed by atoms with van der Waals surface area (Å²) in [6.45, 7) is 2.88. The van der Waals surface area contributed by atoms with E-state index in [1.807, 2.05) is 18.2 Å². The van der Waals surface area contributed by atoms with Gasteiger partial charge in [-0.2, -0.15) is 5.26 Å². The first-order valence-electron chi connectivity index (χ1n) is 11.5. The second-order valence-electron chi connectivity index (χ2n) is 8.71. The van der Waals surface area contributed by atoms with Gasteiger partial charge in [0.15, 0.2) is 0 Å². The van der Waals surface area contributed by atoms with E-state index in [2.05, 4.69) is 23.6 Å². The van der Waals surface area contributed by atoms with E-state index in [-0.39, 0.29) is 0 Å². The number of hydrogen-bond donors (Lipinski definition) is 1. The first-order chi connectivity index (χ1) is 15.1. The Balaban J connectivity index is 1.76. The van der Waals surface area contributed by atoms with Gasteiger partial charge in [-0.3, -0.25) is 0 Å². The van der Waals surface area contributed by atoms with Crippen LogP contribution in [0.3, 0.4) is 0 Å². The topological polar surface area (TPSA) is 66.0 Å². The number of benzene rings is 1. The average molecular weight is 435 g/mol. The molecule has 0 saturated heterocycles. The molecule has 1 aliphatic rings. The van der Waals surface area contributed by atoms with Crippen LogP contribution < -0.4 is 0 Å². The Kier molecular flexibility index (Phi) is 6.77. The molecule has 0 spiro atoms. The number of rotatable bonds is 8. The minimum Gasteiger partial charge on any atom is -0.478 e. The molecule has 1 atom stereocenters. The number of carboxylic acids is 1. The summed E-state index contributed by atoms with van der Waals surface area (Å²) in [4.78, 5) is 13.9. The summed E-state index contributed by atoms with van der Waals surface area (Å²) >= 11 is 1.50. The van der Waals surface area contributed by atoms with Crippen molar-refractivity contribution in [3.8, 4) is 6.07 Å². The van der Waals surface area contributed by atoms with Crippen LogP contribution in [0.1, 0.15) is 83.2 Å². The number of nitriles is 1. The van der Waals surface area contributed by atoms with Gasteiger partial charge in [-0.1, -0.05) is 51.2 Å². The second kappa shape index (κ2) is 9.70.